The molecule has 31 heavy (non-hydrogen) atoms. The van der Waals surface area contributed by atoms with Crippen LogP contribution in [0, 0.1) is 0 Å². The number of hydrogen-bond donors (Lipinski definition) is 2. The second-order valence-electron chi connectivity index (χ2n) is 6.39. The van der Waals surface area contributed by atoms with Gasteiger partial charge in [0.15, 0.2) is 0 Å². The van der Waals surface area contributed by atoms with E-state index in [0.29, 0.717) is 22.1 Å². The van der Waals surface area contributed by atoms with E-state index >= 15 is 0 Å². The molecule has 0 atom stereocenters. The zero-order chi connectivity index (χ0) is 22.2. The molecule has 0 saturated carbocycles. The summed E-state index contributed by atoms with van der Waals surface area (Å²) in [6.45, 7) is 0. The number of hydrogen-bond acceptors (Lipinski definition) is 4. The van der Waals surface area contributed by atoms with Crippen LogP contribution < -0.4 is 4.74 Å². The Kier molecular flexibility index (Phi) is 6.75. The van der Waals surface area contributed by atoms with Gasteiger partial charge in [0.05, 0.1) is 16.7 Å². The Hall–Kier alpha value is -4.45. The third kappa shape index (κ3) is 5.33. The van der Waals surface area contributed by atoms with Crippen molar-refractivity contribution in [2.24, 2.45) is 0 Å². The lowest BCUT2D eigenvalue weighted by atomic mass is 10.0. The van der Waals surface area contributed by atoms with Crippen molar-refractivity contribution in [2.45, 2.75) is 0 Å². The quantitative estimate of drug-likeness (QED) is 0.354. The number of ether oxygens (including phenoxy) is 1. The van der Waals surface area contributed by atoms with Crippen molar-refractivity contribution in [1.82, 2.24) is 0 Å². The zero-order valence-corrected chi connectivity index (χ0v) is 16.3. The molecule has 0 fully saturated rings. The predicted octanol–water partition coefficient (Wildman–Crippen LogP) is 5.14. The van der Waals surface area contributed by atoms with Gasteiger partial charge in [0.2, 0.25) is 0 Å². The number of carbonyl (C=O) groups is 3. The molecule has 0 unspecified atom stereocenters. The van der Waals surface area contributed by atoms with Crippen LogP contribution in [0.5, 0.6) is 5.75 Å². The molecule has 0 saturated heterocycles. The Labute approximate surface area is 178 Å². The first-order chi connectivity index (χ1) is 15.0. The van der Waals surface area contributed by atoms with Gasteiger partial charge in [0.1, 0.15) is 5.75 Å². The van der Waals surface area contributed by atoms with Crippen molar-refractivity contribution >= 4 is 28.7 Å². The fraction of sp³-hybridized carbons (Fsp3) is 0. The normalized spacial score (nSPS) is 9.94. The van der Waals surface area contributed by atoms with Crippen LogP contribution in [0.25, 0.3) is 10.8 Å². The largest absolute Gasteiger partial charge is 0.478 e. The molecule has 6 heteroatoms. The summed E-state index contributed by atoms with van der Waals surface area (Å²) in [7, 11) is 0. The molecule has 4 rings (SSSR count). The lowest BCUT2D eigenvalue weighted by Crippen LogP contribution is -2.07. The van der Waals surface area contributed by atoms with E-state index in [1.165, 1.54) is 24.3 Å². The molecule has 0 bridgehead atoms. The minimum atomic E-state index is -1.06. The van der Waals surface area contributed by atoms with Crippen molar-refractivity contribution in [1.29, 1.82) is 0 Å². The van der Waals surface area contributed by atoms with E-state index in [1.54, 1.807) is 36.4 Å². The van der Waals surface area contributed by atoms with Gasteiger partial charge in [-0.25, -0.2) is 14.4 Å². The molecule has 0 radical (unpaired) electrons. The van der Waals surface area contributed by atoms with Gasteiger partial charge < -0.3 is 14.9 Å². The summed E-state index contributed by atoms with van der Waals surface area (Å²) >= 11 is 0. The van der Waals surface area contributed by atoms with Crippen molar-refractivity contribution < 1.29 is 29.3 Å². The average Bonchev–Trinajstić information content (AvgIpc) is 2.79. The zero-order valence-electron chi connectivity index (χ0n) is 16.3. The molecule has 0 amide bonds. The first kappa shape index (κ1) is 21.3. The maximum atomic E-state index is 11.6. The Balaban J connectivity index is 0.000000176. The van der Waals surface area contributed by atoms with Gasteiger partial charge in [0, 0.05) is 0 Å². The van der Waals surface area contributed by atoms with E-state index < -0.39 is 11.9 Å². The van der Waals surface area contributed by atoms with E-state index in [1.807, 2.05) is 36.4 Å². The van der Waals surface area contributed by atoms with Crippen LogP contribution in [-0.2, 0) is 0 Å². The van der Waals surface area contributed by atoms with Crippen LogP contribution >= 0.6 is 0 Å². The Bertz CT molecular complexity index is 1160. The van der Waals surface area contributed by atoms with Crippen molar-refractivity contribution in [3.05, 3.63) is 114 Å². The maximum absolute atomic E-state index is 11.6. The summed E-state index contributed by atoms with van der Waals surface area (Å²) in [4.78, 5) is 33.5. The standard InChI is InChI=1S/C13H10O2.C12H8O4/c14-13(11-7-3-1-4-8-11)15-12-9-5-2-6-10-12;13-11(14)9-5-1-3-7-8(9)4-2-6-10(7)12(15)16/h1-10H;1-6H,(H,13,14)(H,15,16). The van der Waals surface area contributed by atoms with Crippen LogP contribution in [-0.4, -0.2) is 28.1 Å². The maximum Gasteiger partial charge on any atom is 0.343 e. The summed E-state index contributed by atoms with van der Waals surface area (Å²) in [6.07, 6.45) is 0. The number of carboxylic acid groups (broad SMARTS) is 2. The molecule has 6 nitrogen and oxygen atoms in total. The highest BCUT2D eigenvalue weighted by Crippen LogP contribution is 2.22. The molecule has 0 aliphatic carbocycles. The fourth-order valence-electron chi connectivity index (χ4n) is 2.91. The van der Waals surface area contributed by atoms with Crippen molar-refractivity contribution in [3.63, 3.8) is 0 Å². The Morgan fingerprint density at radius 2 is 1.00 bits per heavy atom. The first-order valence-corrected chi connectivity index (χ1v) is 9.28. The molecule has 0 aliphatic heterocycles. The fourth-order valence-corrected chi connectivity index (χ4v) is 2.91. The van der Waals surface area contributed by atoms with Gasteiger partial charge in [-0.05, 0) is 47.2 Å². The monoisotopic (exact) mass is 414 g/mol. The van der Waals surface area contributed by atoms with Crippen LogP contribution in [0.15, 0.2) is 97.1 Å². The van der Waals surface area contributed by atoms with Gasteiger partial charge >= 0.3 is 17.9 Å². The number of para-hydroxylation sites is 1. The van der Waals surface area contributed by atoms with E-state index in [2.05, 4.69) is 0 Å². The van der Waals surface area contributed by atoms with Crippen molar-refractivity contribution in [2.75, 3.05) is 0 Å². The highest BCUT2D eigenvalue weighted by molar-refractivity contribution is 6.10. The molecule has 4 aromatic carbocycles. The number of carboxylic acids is 2. The number of carbonyl (C=O) groups excluding carboxylic acids is 1. The number of benzene rings is 4. The molecule has 2 N–H and O–H groups in total. The van der Waals surface area contributed by atoms with Gasteiger partial charge in [-0.3, -0.25) is 0 Å². The summed E-state index contributed by atoms with van der Waals surface area (Å²) in [5.41, 5.74) is 0.780. The first-order valence-electron chi connectivity index (χ1n) is 9.28. The molecule has 0 aromatic heterocycles. The molecule has 0 heterocycles. The Morgan fingerprint density at radius 3 is 1.45 bits per heavy atom. The summed E-state index contributed by atoms with van der Waals surface area (Å²) < 4.78 is 5.16. The highest BCUT2D eigenvalue weighted by atomic mass is 16.5. The average molecular weight is 414 g/mol. The van der Waals surface area contributed by atoms with Crippen LogP contribution in [0.4, 0.5) is 0 Å². The van der Waals surface area contributed by atoms with Gasteiger partial charge in [-0.2, -0.15) is 0 Å². The lowest BCUT2D eigenvalue weighted by molar-refractivity contribution is 0.0686. The van der Waals surface area contributed by atoms with Crippen LogP contribution in [0.2, 0.25) is 0 Å². The molecule has 154 valence electrons. The van der Waals surface area contributed by atoms with Gasteiger partial charge in [0.25, 0.3) is 0 Å². The van der Waals surface area contributed by atoms with Crippen LogP contribution in [0.3, 0.4) is 0 Å². The SMILES string of the molecule is O=C(O)c1cccc2c(C(=O)O)cccc12.O=C(Oc1ccccc1)c1ccccc1. The second kappa shape index (κ2) is 9.84. The third-order valence-electron chi connectivity index (χ3n) is 4.35. The number of fused-ring (bicyclic) bond motifs is 1. The molecule has 0 aliphatic rings. The van der Waals surface area contributed by atoms with E-state index in [-0.39, 0.29) is 17.1 Å². The molecule has 0 spiro atoms. The molecular weight excluding hydrogens is 396 g/mol. The second-order valence-corrected chi connectivity index (χ2v) is 6.39. The van der Waals surface area contributed by atoms with Crippen molar-refractivity contribution in [3.8, 4) is 5.75 Å². The van der Waals surface area contributed by atoms with E-state index in [9.17, 15) is 14.4 Å². The van der Waals surface area contributed by atoms with E-state index in [4.69, 9.17) is 14.9 Å². The smallest absolute Gasteiger partial charge is 0.343 e. The predicted molar refractivity (Wildman–Crippen MR) is 116 cm³/mol. The number of aromatic carboxylic acids is 2. The third-order valence-corrected chi connectivity index (χ3v) is 4.35. The molecular formula is C25H18O6. The minimum absolute atomic E-state index is 0.112. The van der Waals surface area contributed by atoms with Gasteiger partial charge in [-0.15, -0.1) is 0 Å². The van der Waals surface area contributed by atoms with Gasteiger partial charge in [-0.1, -0.05) is 60.7 Å². The topological polar surface area (TPSA) is 101 Å². The minimum Gasteiger partial charge on any atom is -0.478 e. The Morgan fingerprint density at radius 1 is 0.548 bits per heavy atom. The summed E-state index contributed by atoms with van der Waals surface area (Å²) in [5.74, 6) is -1.89. The highest BCUT2D eigenvalue weighted by Gasteiger charge is 2.12. The van der Waals surface area contributed by atoms with Crippen LogP contribution in [0.1, 0.15) is 31.1 Å². The number of esters is 1. The lowest BCUT2D eigenvalue weighted by Gasteiger charge is -2.04. The van der Waals surface area contributed by atoms with E-state index in [0.717, 1.165) is 0 Å². The molecule has 4 aromatic rings. The number of rotatable bonds is 4. The summed E-state index contributed by atoms with van der Waals surface area (Å²) in [6, 6.07) is 27.2. The summed E-state index contributed by atoms with van der Waals surface area (Å²) in [5, 5.41) is 18.8.